The van der Waals surface area contributed by atoms with Gasteiger partial charge in [-0.2, -0.15) is 5.10 Å². The van der Waals surface area contributed by atoms with Crippen LogP contribution in [0.1, 0.15) is 44.9 Å². The van der Waals surface area contributed by atoms with E-state index in [4.69, 9.17) is 4.74 Å². The molecule has 0 bridgehead atoms. The molecule has 1 saturated carbocycles. The maximum atomic E-state index is 12.3. The number of rotatable bonds is 3. The molecule has 0 saturated heterocycles. The first-order valence-electron chi connectivity index (χ1n) is 6.22. The molecule has 1 fully saturated rings. The molecule has 5 nitrogen and oxygen atoms in total. The molecule has 1 aliphatic rings. The van der Waals surface area contributed by atoms with E-state index in [1.807, 2.05) is 14.0 Å². The molecule has 0 N–H and O–H groups in total. The Balaban J connectivity index is 2.36. The van der Waals surface area contributed by atoms with Gasteiger partial charge in [0.15, 0.2) is 0 Å². The van der Waals surface area contributed by atoms with E-state index in [0.717, 1.165) is 31.5 Å². The zero-order chi connectivity index (χ0) is 12.3. The number of carbonyl (C=O) groups excluding carboxylic acids is 1. The lowest BCUT2D eigenvalue weighted by Crippen LogP contribution is -2.41. The minimum absolute atomic E-state index is 0.143. The summed E-state index contributed by atoms with van der Waals surface area (Å²) < 4.78 is 6.94. The van der Waals surface area contributed by atoms with Crippen LogP contribution in [0.4, 0.5) is 0 Å². The van der Waals surface area contributed by atoms with E-state index in [1.54, 1.807) is 4.68 Å². The molecule has 0 aliphatic heterocycles. The highest BCUT2D eigenvalue weighted by molar-refractivity contribution is 5.82. The first-order chi connectivity index (χ1) is 8.20. The van der Waals surface area contributed by atoms with Gasteiger partial charge in [0.2, 0.25) is 0 Å². The molecule has 17 heavy (non-hydrogen) atoms. The summed E-state index contributed by atoms with van der Waals surface area (Å²) in [7, 11) is 1.83. The number of aromatic nitrogens is 3. The van der Waals surface area contributed by atoms with Crippen LogP contribution in [-0.2, 0) is 22.0 Å². The molecule has 1 aromatic rings. The van der Waals surface area contributed by atoms with Crippen molar-refractivity contribution >= 4 is 5.97 Å². The summed E-state index contributed by atoms with van der Waals surface area (Å²) in [4.78, 5) is 16.5. The number of carbonyl (C=O) groups is 1. The van der Waals surface area contributed by atoms with Gasteiger partial charge in [0.1, 0.15) is 17.6 Å². The highest BCUT2D eigenvalue weighted by Gasteiger charge is 2.45. The smallest absolute Gasteiger partial charge is 0.319 e. The van der Waals surface area contributed by atoms with Crippen molar-refractivity contribution in [3.63, 3.8) is 0 Å². The summed E-state index contributed by atoms with van der Waals surface area (Å²) in [5.74, 6) is 0.603. The van der Waals surface area contributed by atoms with Gasteiger partial charge in [0, 0.05) is 7.05 Å². The molecule has 1 aromatic heterocycles. The molecule has 2 rings (SSSR count). The molecule has 0 amide bonds. The second-order valence-corrected chi connectivity index (χ2v) is 4.57. The minimum Gasteiger partial charge on any atom is -0.465 e. The fraction of sp³-hybridized carbons (Fsp3) is 0.750. The van der Waals surface area contributed by atoms with Gasteiger partial charge in [-0.05, 0) is 19.8 Å². The predicted molar refractivity (Wildman–Crippen MR) is 62.4 cm³/mol. The lowest BCUT2D eigenvalue weighted by Gasteiger charge is -2.33. The minimum atomic E-state index is -0.570. The number of esters is 1. The van der Waals surface area contributed by atoms with E-state index in [-0.39, 0.29) is 5.97 Å². The summed E-state index contributed by atoms with van der Waals surface area (Å²) in [6.07, 6.45) is 6.41. The van der Waals surface area contributed by atoms with Gasteiger partial charge in [-0.3, -0.25) is 9.48 Å². The monoisotopic (exact) mass is 237 g/mol. The second kappa shape index (κ2) is 4.85. The third-order valence-corrected chi connectivity index (χ3v) is 3.51. The van der Waals surface area contributed by atoms with Crippen molar-refractivity contribution in [1.29, 1.82) is 0 Å². The van der Waals surface area contributed by atoms with E-state index in [0.29, 0.717) is 6.61 Å². The molecule has 0 atom stereocenters. The lowest BCUT2D eigenvalue weighted by molar-refractivity contribution is -0.152. The third-order valence-electron chi connectivity index (χ3n) is 3.51. The number of aryl methyl sites for hydroxylation is 1. The maximum absolute atomic E-state index is 12.3. The normalized spacial score (nSPS) is 18.9. The lowest BCUT2D eigenvalue weighted by atomic mass is 9.73. The Kier molecular flexibility index (Phi) is 3.45. The average Bonchev–Trinajstić information content (AvgIpc) is 2.77. The van der Waals surface area contributed by atoms with E-state index in [9.17, 15) is 4.79 Å². The van der Waals surface area contributed by atoms with Crippen LogP contribution in [0, 0.1) is 0 Å². The molecule has 1 aliphatic carbocycles. The summed E-state index contributed by atoms with van der Waals surface area (Å²) in [6.45, 7) is 2.25. The molecule has 0 aromatic carbocycles. The fourth-order valence-corrected chi connectivity index (χ4v) is 2.67. The number of hydrogen-bond donors (Lipinski definition) is 0. The van der Waals surface area contributed by atoms with Gasteiger partial charge < -0.3 is 4.74 Å². The Labute approximate surface area is 101 Å². The van der Waals surface area contributed by atoms with Crippen LogP contribution in [-0.4, -0.2) is 27.3 Å². The largest absolute Gasteiger partial charge is 0.465 e. The second-order valence-electron chi connectivity index (χ2n) is 4.57. The number of nitrogens with zero attached hydrogens (tertiary/aromatic N) is 3. The highest BCUT2D eigenvalue weighted by atomic mass is 16.5. The summed E-state index contributed by atoms with van der Waals surface area (Å²) in [6, 6.07) is 0. The summed E-state index contributed by atoms with van der Waals surface area (Å²) in [5, 5.41) is 4.08. The van der Waals surface area contributed by atoms with Crippen molar-refractivity contribution < 1.29 is 9.53 Å². The SMILES string of the molecule is CCOC(=O)C1(c2ncnn2C)CCCCC1. The van der Waals surface area contributed by atoms with Gasteiger partial charge in [-0.25, -0.2) is 4.98 Å². The van der Waals surface area contributed by atoms with Crippen LogP contribution >= 0.6 is 0 Å². The van der Waals surface area contributed by atoms with Crippen molar-refractivity contribution in [3.8, 4) is 0 Å². The Morgan fingerprint density at radius 1 is 1.47 bits per heavy atom. The fourth-order valence-electron chi connectivity index (χ4n) is 2.67. The van der Waals surface area contributed by atoms with Crippen LogP contribution in [0.25, 0.3) is 0 Å². The van der Waals surface area contributed by atoms with Crippen molar-refractivity contribution in [2.45, 2.75) is 44.4 Å². The van der Waals surface area contributed by atoms with E-state index in [1.165, 1.54) is 12.7 Å². The highest BCUT2D eigenvalue weighted by Crippen LogP contribution is 2.39. The molecular weight excluding hydrogens is 218 g/mol. The van der Waals surface area contributed by atoms with E-state index in [2.05, 4.69) is 10.1 Å². The van der Waals surface area contributed by atoms with Crippen LogP contribution in [0.15, 0.2) is 6.33 Å². The van der Waals surface area contributed by atoms with Crippen molar-refractivity contribution in [1.82, 2.24) is 14.8 Å². The molecule has 1 heterocycles. The number of ether oxygens (including phenoxy) is 1. The first-order valence-corrected chi connectivity index (χ1v) is 6.22. The van der Waals surface area contributed by atoms with Crippen molar-refractivity contribution in [3.05, 3.63) is 12.2 Å². The summed E-state index contributed by atoms with van der Waals surface area (Å²) >= 11 is 0. The topological polar surface area (TPSA) is 57.0 Å². The van der Waals surface area contributed by atoms with Gasteiger partial charge >= 0.3 is 5.97 Å². The molecule has 5 heteroatoms. The zero-order valence-electron chi connectivity index (χ0n) is 10.5. The molecule has 0 unspecified atom stereocenters. The van der Waals surface area contributed by atoms with Crippen molar-refractivity contribution in [2.24, 2.45) is 7.05 Å². The van der Waals surface area contributed by atoms with Gasteiger partial charge in [0.05, 0.1) is 6.61 Å². The van der Waals surface area contributed by atoms with Crippen molar-refractivity contribution in [2.75, 3.05) is 6.61 Å². The van der Waals surface area contributed by atoms with Gasteiger partial charge in [-0.1, -0.05) is 19.3 Å². The molecular formula is C12H19N3O2. The van der Waals surface area contributed by atoms with Gasteiger partial charge in [0.25, 0.3) is 0 Å². The first kappa shape index (κ1) is 12.1. The average molecular weight is 237 g/mol. The maximum Gasteiger partial charge on any atom is 0.319 e. The number of hydrogen-bond acceptors (Lipinski definition) is 4. The van der Waals surface area contributed by atoms with Gasteiger partial charge in [-0.15, -0.1) is 0 Å². The summed E-state index contributed by atoms with van der Waals surface area (Å²) in [5.41, 5.74) is -0.570. The van der Waals surface area contributed by atoms with Crippen LogP contribution in [0.2, 0.25) is 0 Å². The van der Waals surface area contributed by atoms with Crippen LogP contribution in [0.3, 0.4) is 0 Å². The Morgan fingerprint density at radius 2 is 2.18 bits per heavy atom. The standard InChI is InChI=1S/C12H19N3O2/c1-3-17-11(16)12(7-5-4-6-8-12)10-13-9-14-15(10)2/h9H,3-8H2,1-2H3. The zero-order valence-corrected chi connectivity index (χ0v) is 10.5. The quantitative estimate of drug-likeness (QED) is 0.749. The van der Waals surface area contributed by atoms with E-state index >= 15 is 0 Å². The Morgan fingerprint density at radius 3 is 2.71 bits per heavy atom. The van der Waals surface area contributed by atoms with Crippen LogP contribution < -0.4 is 0 Å². The molecule has 0 radical (unpaired) electrons. The van der Waals surface area contributed by atoms with E-state index < -0.39 is 5.41 Å². The van der Waals surface area contributed by atoms with Crippen LogP contribution in [0.5, 0.6) is 0 Å². The predicted octanol–water partition coefficient (Wildman–Crippen LogP) is 1.58. The Hall–Kier alpha value is -1.39. The molecule has 94 valence electrons. The Bertz CT molecular complexity index is 394. The third kappa shape index (κ3) is 2.06. The molecule has 0 spiro atoms.